The Hall–Kier alpha value is -2.08. The van der Waals surface area contributed by atoms with Crippen LogP contribution in [0.2, 0.25) is 0 Å². The molecule has 1 saturated heterocycles. The number of rotatable bonds is 6. The molecular weight excluding hydrogens is 258 g/mol. The fourth-order valence-electron chi connectivity index (χ4n) is 2.09. The van der Waals surface area contributed by atoms with Crippen molar-refractivity contribution < 1.29 is 14.7 Å². The molecule has 1 heterocycles. The van der Waals surface area contributed by atoms with Crippen molar-refractivity contribution in [1.29, 1.82) is 0 Å². The van der Waals surface area contributed by atoms with Gasteiger partial charge in [-0.25, -0.2) is 4.79 Å². The van der Waals surface area contributed by atoms with Crippen LogP contribution in [-0.2, 0) is 4.79 Å². The van der Waals surface area contributed by atoms with E-state index in [9.17, 15) is 9.59 Å². The number of aliphatic hydroxyl groups excluding tert-OH is 1. The van der Waals surface area contributed by atoms with Crippen molar-refractivity contribution in [3.05, 3.63) is 24.3 Å². The normalized spacial score (nSPS) is 14.2. The molecule has 0 saturated carbocycles. The van der Waals surface area contributed by atoms with Crippen LogP contribution in [0.1, 0.15) is 19.3 Å². The zero-order valence-electron chi connectivity index (χ0n) is 11.3. The SMILES string of the molecule is O=C(CCCCO)Nc1cccc(N2CCNC2=O)c1. The van der Waals surface area contributed by atoms with Crippen molar-refractivity contribution in [2.45, 2.75) is 19.3 Å². The Morgan fingerprint density at radius 2 is 2.25 bits per heavy atom. The molecule has 0 spiro atoms. The van der Waals surface area contributed by atoms with Crippen LogP contribution in [0, 0.1) is 0 Å². The summed E-state index contributed by atoms with van der Waals surface area (Å²) in [6.45, 7) is 1.37. The van der Waals surface area contributed by atoms with Crippen LogP contribution in [-0.4, -0.2) is 36.7 Å². The molecule has 0 atom stereocenters. The number of carbonyl (C=O) groups excluding carboxylic acids is 2. The molecule has 6 nitrogen and oxygen atoms in total. The first-order valence-corrected chi connectivity index (χ1v) is 6.77. The van der Waals surface area contributed by atoms with Crippen LogP contribution in [0.3, 0.4) is 0 Å². The number of amides is 3. The average molecular weight is 277 g/mol. The number of urea groups is 1. The highest BCUT2D eigenvalue weighted by molar-refractivity contribution is 5.96. The number of nitrogens with one attached hydrogen (secondary N) is 2. The number of unbranched alkanes of at least 4 members (excludes halogenated alkanes) is 1. The lowest BCUT2D eigenvalue weighted by atomic mass is 10.2. The minimum Gasteiger partial charge on any atom is -0.396 e. The zero-order chi connectivity index (χ0) is 14.4. The van der Waals surface area contributed by atoms with Crippen molar-refractivity contribution in [3.8, 4) is 0 Å². The molecule has 6 heteroatoms. The molecule has 3 N–H and O–H groups in total. The lowest BCUT2D eigenvalue weighted by molar-refractivity contribution is -0.116. The lowest BCUT2D eigenvalue weighted by Gasteiger charge is -2.15. The van der Waals surface area contributed by atoms with Crippen molar-refractivity contribution in [1.82, 2.24) is 5.32 Å². The summed E-state index contributed by atoms with van der Waals surface area (Å²) in [6, 6.07) is 7.11. The lowest BCUT2D eigenvalue weighted by Crippen LogP contribution is -2.27. The summed E-state index contributed by atoms with van der Waals surface area (Å²) in [5, 5.41) is 14.2. The predicted molar refractivity (Wildman–Crippen MR) is 76.8 cm³/mol. The smallest absolute Gasteiger partial charge is 0.321 e. The Kier molecular flexibility index (Phi) is 4.95. The number of anilines is 2. The van der Waals surface area contributed by atoms with E-state index in [0.29, 0.717) is 38.0 Å². The van der Waals surface area contributed by atoms with Crippen molar-refractivity contribution in [2.24, 2.45) is 0 Å². The van der Waals surface area contributed by atoms with Gasteiger partial charge in [0.1, 0.15) is 0 Å². The number of aliphatic hydroxyl groups is 1. The minimum absolute atomic E-state index is 0.0820. The Morgan fingerprint density at radius 3 is 2.95 bits per heavy atom. The largest absolute Gasteiger partial charge is 0.396 e. The van der Waals surface area contributed by atoms with Crippen LogP contribution in [0.15, 0.2) is 24.3 Å². The van der Waals surface area contributed by atoms with Gasteiger partial charge in [-0.3, -0.25) is 9.69 Å². The fraction of sp³-hybridized carbons (Fsp3) is 0.429. The second-order valence-corrected chi connectivity index (χ2v) is 4.66. The highest BCUT2D eigenvalue weighted by Crippen LogP contribution is 2.21. The predicted octanol–water partition coefficient (Wildman–Crippen LogP) is 1.32. The Balaban J connectivity index is 1.95. The number of benzene rings is 1. The topological polar surface area (TPSA) is 81.7 Å². The summed E-state index contributed by atoms with van der Waals surface area (Å²) in [4.78, 5) is 24.9. The van der Waals surface area contributed by atoms with Gasteiger partial charge in [0, 0.05) is 37.5 Å². The van der Waals surface area contributed by atoms with Gasteiger partial charge in [-0.1, -0.05) is 6.07 Å². The van der Waals surface area contributed by atoms with Gasteiger partial charge in [-0.05, 0) is 31.0 Å². The molecule has 0 radical (unpaired) electrons. The van der Waals surface area contributed by atoms with Gasteiger partial charge in [0.05, 0.1) is 0 Å². The molecule has 0 bridgehead atoms. The van der Waals surface area contributed by atoms with E-state index >= 15 is 0 Å². The molecule has 1 aromatic rings. The maximum atomic E-state index is 11.7. The molecule has 1 aromatic carbocycles. The third-order valence-corrected chi connectivity index (χ3v) is 3.11. The van der Waals surface area contributed by atoms with Crippen LogP contribution in [0.25, 0.3) is 0 Å². The van der Waals surface area contributed by atoms with E-state index in [4.69, 9.17) is 5.11 Å². The third kappa shape index (κ3) is 3.71. The van der Waals surface area contributed by atoms with Crippen LogP contribution in [0.5, 0.6) is 0 Å². The fourth-order valence-corrected chi connectivity index (χ4v) is 2.09. The van der Waals surface area contributed by atoms with Gasteiger partial charge < -0.3 is 15.7 Å². The van der Waals surface area contributed by atoms with Gasteiger partial charge >= 0.3 is 6.03 Å². The second kappa shape index (κ2) is 6.91. The Morgan fingerprint density at radius 1 is 1.40 bits per heavy atom. The van der Waals surface area contributed by atoms with E-state index in [0.717, 1.165) is 5.69 Å². The highest BCUT2D eigenvalue weighted by atomic mass is 16.3. The molecule has 2 rings (SSSR count). The molecule has 3 amide bonds. The van der Waals surface area contributed by atoms with E-state index in [1.54, 1.807) is 17.0 Å². The van der Waals surface area contributed by atoms with Gasteiger partial charge in [0.2, 0.25) is 5.91 Å². The van der Waals surface area contributed by atoms with E-state index in [-0.39, 0.29) is 18.5 Å². The number of carbonyl (C=O) groups is 2. The summed E-state index contributed by atoms with van der Waals surface area (Å²) < 4.78 is 0. The second-order valence-electron chi connectivity index (χ2n) is 4.66. The molecule has 1 aliphatic rings. The van der Waals surface area contributed by atoms with Crippen molar-refractivity contribution >= 4 is 23.3 Å². The van der Waals surface area contributed by atoms with Crippen LogP contribution >= 0.6 is 0 Å². The molecule has 1 aliphatic heterocycles. The Labute approximate surface area is 117 Å². The minimum atomic E-state index is -0.114. The summed E-state index contributed by atoms with van der Waals surface area (Å²) >= 11 is 0. The van der Waals surface area contributed by atoms with E-state index in [1.807, 2.05) is 12.1 Å². The quantitative estimate of drug-likeness (QED) is 0.686. The monoisotopic (exact) mass is 277 g/mol. The van der Waals surface area contributed by atoms with Gasteiger partial charge in [-0.2, -0.15) is 0 Å². The maximum absolute atomic E-state index is 11.7. The maximum Gasteiger partial charge on any atom is 0.321 e. The molecule has 0 unspecified atom stereocenters. The Bertz CT molecular complexity index is 490. The number of nitrogens with zero attached hydrogens (tertiary/aromatic N) is 1. The molecule has 1 fully saturated rings. The summed E-state index contributed by atoms with van der Waals surface area (Å²) in [5.74, 6) is -0.0820. The molecule has 0 aliphatic carbocycles. The van der Waals surface area contributed by atoms with E-state index in [2.05, 4.69) is 10.6 Å². The van der Waals surface area contributed by atoms with Crippen LogP contribution < -0.4 is 15.5 Å². The number of hydrogen-bond donors (Lipinski definition) is 3. The van der Waals surface area contributed by atoms with Gasteiger partial charge in [0.25, 0.3) is 0 Å². The van der Waals surface area contributed by atoms with Crippen molar-refractivity contribution in [2.75, 3.05) is 29.9 Å². The summed E-state index contributed by atoms with van der Waals surface area (Å²) in [7, 11) is 0. The van der Waals surface area contributed by atoms with Gasteiger partial charge in [-0.15, -0.1) is 0 Å². The molecule has 20 heavy (non-hydrogen) atoms. The third-order valence-electron chi connectivity index (χ3n) is 3.11. The molecular formula is C14H19N3O3. The van der Waals surface area contributed by atoms with Crippen molar-refractivity contribution in [3.63, 3.8) is 0 Å². The van der Waals surface area contributed by atoms with E-state index in [1.165, 1.54) is 0 Å². The standard InChI is InChI=1S/C14H19N3O3/c18-9-2-1-6-13(19)16-11-4-3-5-12(10-11)17-8-7-15-14(17)20/h3-5,10,18H,1-2,6-9H2,(H,15,20)(H,16,19). The van der Waals surface area contributed by atoms with E-state index < -0.39 is 0 Å². The molecule has 0 aromatic heterocycles. The van der Waals surface area contributed by atoms with Gasteiger partial charge in [0.15, 0.2) is 0 Å². The van der Waals surface area contributed by atoms with Crippen LogP contribution in [0.4, 0.5) is 16.2 Å². The zero-order valence-corrected chi connectivity index (χ0v) is 11.3. The highest BCUT2D eigenvalue weighted by Gasteiger charge is 2.21. The number of hydrogen-bond acceptors (Lipinski definition) is 3. The molecule has 108 valence electrons. The first-order valence-electron chi connectivity index (χ1n) is 6.77. The average Bonchev–Trinajstić information content (AvgIpc) is 2.85. The first-order chi connectivity index (χ1) is 9.70. The first kappa shape index (κ1) is 14.3. The summed E-state index contributed by atoms with van der Waals surface area (Å²) in [5.41, 5.74) is 1.45. The summed E-state index contributed by atoms with van der Waals surface area (Å²) in [6.07, 6.45) is 1.67.